The highest BCUT2D eigenvalue weighted by atomic mass is 32.2. The lowest BCUT2D eigenvalue weighted by atomic mass is 10.1. The van der Waals surface area contributed by atoms with Crippen molar-refractivity contribution >= 4 is 33.5 Å². The van der Waals surface area contributed by atoms with Gasteiger partial charge >= 0.3 is 0 Å². The van der Waals surface area contributed by atoms with Crippen LogP contribution in [0.15, 0.2) is 58.5 Å². The van der Waals surface area contributed by atoms with Gasteiger partial charge in [-0.25, -0.2) is 0 Å². The van der Waals surface area contributed by atoms with Crippen molar-refractivity contribution in [2.75, 3.05) is 5.01 Å². The van der Waals surface area contributed by atoms with Crippen LogP contribution in [0.5, 0.6) is 11.5 Å². The molecule has 2 amide bonds. The van der Waals surface area contributed by atoms with Crippen LogP contribution in [-0.4, -0.2) is 30.6 Å². The van der Waals surface area contributed by atoms with Gasteiger partial charge in [-0.3, -0.25) is 14.1 Å². The van der Waals surface area contributed by atoms with Crippen LogP contribution in [0, 0.1) is 0 Å². The van der Waals surface area contributed by atoms with Gasteiger partial charge in [-0.15, -0.1) is 0 Å². The van der Waals surface area contributed by atoms with Crippen molar-refractivity contribution in [2.24, 2.45) is 5.10 Å². The Labute approximate surface area is 218 Å². The first-order valence-electron chi connectivity index (χ1n) is 12.8. The van der Waals surface area contributed by atoms with Gasteiger partial charge in [0.25, 0.3) is 16.0 Å². The molecule has 2 aromatic carbocycles. The molecule has 0 unspecified atom stereocenters. The fourth-order valence-corrected chi connectivity index (χ4v) is 4.68. The fraction of sp³-hybridized carbons (Fsp3) is 0.444. The molecule has 3 rings (SSSR count). The van der Waals surface area contributed by atoms with E-state index in [1.807, 2.05) is 0 Å². The summed E-state index contributed by atoms with van der Waals surface area (Å²) in [7, 11) is -4.66. The average Bonchev–Trinajstić information content (AvgIpc) is 3.22. The van der Waals surface area contributed by atoms with E-state index in [4.69, 9.17) is 4.74 Å². The van der Waals surface area contributed by atoms with Gasteiger partial charge in [-0.1, -0.05) is 76.5 Å². The summed E-state index contributed by atoms with van der Waals surface area (Å²) < 4.78 is 39.3. The van der Waals surface area contributed by atoms with Gasteiger partial charge in [0.05, 0.1) is 12.1 Å². The first kappa shape index (κ1) is 28.3. The van der Waals surface area contributed by atoms with Crippen LogP contribution in [0.3, 0.4) is 0 Å². The monoisotopic (exact) mass is 529 g/mol. The number of unbranched alkanes of at least 4 members (excludes halogenated alkanes) is 8. The molecule has 0 aliphatic carbocycles. The maximum Gasteiger partial charge on any atom is 0.298 e. The van der Waals surface area contributed by atoms with E-state index in [1.165, 1.54) is 50.7 Å². The largest absolute Gasteiger partial charge is 0.456 e. The standard InChI is InChI=1S/C27H35N3O6S/c1-2-3-4-5-6-7-8-9-13-16-26(31)28-25-20-27(32)30(29-25)21-17-18-23(24(19-21)37(33,34)35)36-22-14-11-10-12-15-22/h10-12,14-15,17-19H,2-9,13,16,20H2,1H3,(H,28,29,31)(H,33,34,35). The molecule has 0 atom stereocenters. The van der Waals surface area contributed by atoms with Crippen molar-refractivity contribution in [3.63, 3.8) is 0 Å². The van der Waals surface area contributed by atoms with Gasteiger partial charge in [0.15, 0.2) is 0 Å². The zero-order chi connectivity index (χ0) is 26.7. The van der Waals surface area contributed by atoms with Crippen molar-refractivity contribution in [1.29, 1.82) is 0 Å². The number of amides is 2. The summed E-state index contributed by atoms with van der Waals surface area (Å²) in [5, 5.41) is 7.85. The van der Waals surface area contributed by atoms with E-state index in [1.54, 1.807) is 30.3 Å². The van der Waals surface area contributed by atoms with E-state index in [9.17, 15) is 22.6 Å². The molecule has 0 saturated carbocycles. The van der Waals surface area contributed by atoms with E-state index in [0.29, 0.717) is 12.2 Å². The highest BCUT2D eigenvalue weighted by Gasteiger charge is 2.28. The molecule has 0 fully saturated rings. The van der Waals surface area contributed by atoms with Crippen LogP contribution < -0.4 is 15.1 Å². The summed E-state index contributed by atoms with van der Waals surface area (Å²) in [6, 6.07) is 12.4. The normalized spacial score (nSPS) is 13.5. The lowest BCUT2D eigenvalue weighted by Gasteiger charge is -2.15. The zero-order valence-corrected chi connectivity index (χ0v) is 22.0. The molecule has 37 heavy (non-hydrogen) atoms. The second kappa shape index (κ2) is 13.9. The number of hydrogen-bond acceptors (Lipinski definition) is 6. The van der Waals surface area contributed by atoms with Gasteiger partial charge in [0, 0.05) is 6.42 Å². The third kappa shape index (κ3) is 8.98. The number of ether oxygens (including phenoxy) is 1. The van der Waals surface area contributed by atoms with Crippen molar-refractivity contribution in [1.82, 2.24) is 5.32 Å². The summed E-state index contributed by atoms with van der Waals surface area (Å²) in [4.78, 5) is 24.4. The lowest BCUT2D eigenvalue weighted by molar-refractivity contribution is -0.119. The molecule has 2 aromatic rings. The molecule has 0 bridgehead atoms. The summed E-state index contributed by atoms with van der Waals surface area (Å²) >= 11 is 0. The number of nitrogens with one attached hydrogen (secondary N) is 1. The van der Waals surface area contributed by atoms with E-state index < -0.39 is 20.9 Å². The van der Waals surface area contributed by atoms with Gasteiger partial charge in [-0.05, 0) is 36.8 Å². The molecular weight excluding hydrogens is 494 g/mol. The number of hydrazone groups is 1. The molecule has 9 nitrogen and oxygen atoms in total. The summed E-state index contributed by atoms with van der Waals surface area (Å²) in [5.41, 5.74) is 0.126. The minimum Gasteiger partial charge on any atom is -0.456 e. The highest BCUT2D eigenvalue weighted by molar-refractivity contribution is 7.86. The Morgan fingerprint density at radius 3 is 2.30 bits per heavy atom. The maximum absolute atomic E-state index is 12.5. The van der Waals surface area contributed by atoms with E-state index in [2.05, 4.69) is 17.3 Å². The molecule has 1 aliphatic heterocycles. The second-order valence-electron chi connectivity index (χ2n) is 9.08. The average molecular weight is 530 g/mol. The van der Waals surface area contributed by atoms with Crippen LogP contribution in [0.1, 0.15) is 77.6 Å². The smallest absolute Gasteiger partial charge is 0.298 e. The Balaban J connectivity index is 1.56. The number of hydrogen-bond donors (Lipinski definition) is 2. The predicted octanol–water partition coefficient (Wildman–Crippen LogP) is 5.81. The molecule has 1 heterocycles. The number of rotatable bonds is 14. The fourth-order valence-electron chi connectivity index (χ4n) is 4.05. The van der Waals surface area contributed by atoms with Crippen molar-refractivity contribution in [2.45, 2.75) is 82.4 Å². The SMILES string of the molecule is CCCCCCCCCCCC(=O)NC1=NN(c2ccc(Oc3ccccc3)c(S(=O)(=O)O)c2)C(=O)C1. The summed E-state index contributed by atoms with van der Waals surface area (Å²) in [5.74, 6) is -0.156. The van der Waals surface area contributed by atoms with E-state index >= 15 is 0 Å². The Hall–Kier alpha value is -3.24. The minimum atomic E-state index is -4.66. The quantitative estimate of drug-likeness (QED) is 0.235. The number of para-hydroxylation sites is 1. The number of anilines is 1. The van der Waals surface area contributed by atoms with Crippen LogP contribution >= 0.6 is 0 Å². The van der Waals surface area contributed by atoms with E-state index in [0.717, 1.165) is 30.3 Å². The number of carbonyl (C=O) groups excluding carboxylic acids is 2. The van der Waals surface area contributed by atoms with Gasteiger partial charge in [0.2, 0.25) is 5.91 Å². The zero-order valence-electron chi connectivity index (χ0n) is 21.2. The predicted molar refractivity (Wildman–Crippen MR) is 142 cm³/mol. The molecule has 1 aliphatic rings. The highest BCUT2D eigenvalue weighted by Crippen LogP contribution is 2.33. The number of nitrogens with zero attached hydrogens (tertiary/aromatic N) is 2. The van der Waals surface area contributed by atoms with Gasteiger partial charge in [-0.2, -0.15) is 18.5 Å². The summed E-state index contributed by atoms with van der Waals surface area (Å²) in [6.07, 6.45) is 10.6. The Morgan fingerprint density at radius 1 is 1.00 bits per heavy atom. The van der Waals surface area contributed by atoms with Crippen molar-refractivity contribution < 1.29 is 27.3 Å². The molecule has 0 spiro atoms. The topological polar surface area (TPSA) is 125 Å². The lowest BCUT2D eigenvalue weighted by Crippen LogP contribution is -2.29. The van der Waals surface area contributed by atoms with E-state index in [-0.39, 0.29) is 29.6 Å². The maximum atomic E-state index is 12.5. The Bertz CT molecular complexity index is 1200. The second-order valence-corrected chi connectivity index (χ2v) is 10.5. The third-order valence-corrected chi connectivity index (χ3v) is 6.86. The van der Waals surface area contributed by atoms with Crippen LogP contribution in [0.2, 0.25) is 0 Å². The van der Waals surface area contributed by atoms with Crippen LogP contribution in [0.4, 0.5) is 5.69 Å². The van der Waals surface area contributed by atoms with Crippen molar-refractivity contribution in [3.05, 3.63) is 48.5 Å². The molecule has 200 valence electrons. The molecule has 0 saturated heterocycles. The molecule has 0 radical (unpaired) electrons. The number of amidine groups is 1. The molecule has 0 aromatic heterocycles. The first-order valence-corrected chi connectivity index (χ1v) is 14.3. The molecule has 10 heteroatoms. The molecular formula is C27H35N3O6S. The third-order valence-electron chi connectivity index (χ3n) is 5.99. The minimum absolute atomic E-state index is 0.0949. The van der Waals surface area contributed by atoms with Crippen LogP contribution in [-0.2, 0) is 19.7 Å². The van der Waals surface area contributed by atoms with Gasteiger partial charge < -0.3 is 10.1 Å². The number of benzene rings is 2. The van der Waals surface area contributed by atoms with Crippen LogP contribution in [0.25, 0.3) is 0 Å². The Kier molecular flexibility index (Phi) is 10.6. The Morgan fingerprint density at radius 2 is 1.65 bits per heavy atom. The first-order chi connectivity index (χ1) is 17.8. The molecule has 2 N–H and O–H groups in total. The van der Waals surface area contributed by atoms with Gasteiger partial charge in [0.1, 0.15) is 22.2 Å². The van der Waals surface area contributed by atoms with Crippen molar-refractivity contribution in [3.8, 4) is 11.5 Å². The summed E-state index contributed by atoms with van der Waals surface area (Å²) in [6.45, 7) is 2.20. The number of carbonyl (C=O) groups is 2.